The van der Waals surface area contributed by atoms with E-state index in [4.69, 9.17) is 52.2 Å². The van der Waals surface area contributed by atoms with Gasteiger partial charge in [0.15, 0.2) is 23.3 Å². The molecule has 21 heteroatoms. The molecular formula is C23H28FN9O7P2S2. The predicted octanol–water partition coefficient (Wildman–Crippen LogP) is 2.24. The fraction of sp³-hybridized carbons (Fsp3) is 0.565. The molecule has 3 fully saturated rings. The van der Waals surface area contributed by atoms with E-state index in [2.05, 4.69) is 29.9 Å². The molecule has 0 spiro atoms. The number of anilines is 1. The molecular weight excluding hydrogens is 659 g/mol. The molecule has 2 bridgehead atoms. The third-order valence-electron chi connectivity index (χ3n) is 8.31. The maximum absolute atomic E-state index is 16.2. The number of alkyl halides is 1. The Hall–Kier alpha value is -2.15. The number of imidazole rings is 2. The summed E-state index contributed by atoms with van der Waals surface area (Å²) in [5.41, 5.74) is 8.29. The van der Waals surface area contributed by atoms with Crippen molar-refractivity contribution < 1.29 is 37.0 Å². The van der Waals surface area contributed by atoms with E-state index >= 15 is 4.39 Å². The Morgan fingerprint density at radius 1 is 0.909 bits per heavy atom. The molecule has 1 aliphatic carbocycles. The van der Waals surface area contributed by atoms with Crippen LogP contribution in [-0.4, -0.2) is 86.5 Å². The SMILES string of the molecule is Cc1ncnc2c1ncn2[C@@H]1O[C@@H]2COP(O)(=S)O[C@@H]3[C@@H](COP(O)(=S)O[C@@H]1[C@@H]2C)C[C@@H](n1cnc2c(N)ncnc21)[C@@H]3F. The molecule has 2 unspecified atom stereocenters. The quantitative estimate of drug-likeness (QED) is 0.259. The van der Waals surface area contributed by atoms with Gasteiger partial charge in [-0.3, -0.25) is 4.57 Å². The fourth-order valence-corrected chi connectivity index (χ4v) is 9.03. The Kier molecular flexibility index (Phi) is 7.82. The number of aryl methyl sites for hydroxylation is 1. The lowest BCUT2D eigenvalue weighted by Gasteiger charge is -2.28. The van der Waals surface area contributed by atoms with Gasteiger partial charge in [-0.1, -0.05) is 6.92 Å². The third-order valence-corrected chi connectivity index (χ3v) is 11.4. The summed E-state index contributed by atoms with van der Waals surface area (Å²) in [5, 5.41) is 0. The molecule has 6 heterocycles. The van der Waals surface area contributed by atoms with Crippen molar-refractivity contribution in [1.29, 1.82) is 0 Å². The first-order valence-corrected chi connectivity index (χ1v) is 18.8. The van der Waals surface area contributed by atoms with E-state index in [1.54, 1.807) is 11.5 Å². The Bertz CT molecular complexity index is 1830. The molecule has 4 N–H and O–H groups in total. The van der Waals surface area contributed by atoms with E-state index in [0.717, 1.165) is 0 Å². The summed E-state index contributed by atoms with van der Waals surface area (Å²) >= 11 is 10.8. The number of hydrogen-bond donors (Lipinski definition) is 3. The molecule has 4 aromatic rings. The van der Waals surface area contributed by atoms with Crippen LogP contribution in [0, 0.1) is 18.8 Å². The van der Waals surface area contributed by atoms with Gasteiger partial charge in [-0.2, -0.15) is 0 Å². The Morgan fingerprint density at radius 2 is 1.55 bits per heavy atom. The van der Waals surface area contributed by atoms with Crippen LogP contribution in [0.5, 0.6) is 0 Å². The summed E-state index contributed by atoms with van der Waals surface area (Å²) in [6.45, 7) is -4.79. The van der Waals surface area contributed by atoms with Crippen LogP contribution < -0.4 is 5.73 Å². The summed E-state index contributed by atoms with van der Waals surface area (Å²) in [6.07, 6.45) is 0.406. The minimum absolute atomic E-state index is 0.139. The minimum atomic E-state index is -4.01. The third kappa shape index (κ3) is 5.37. The van der Waals surface area contributed by atoms with Crippen molar-refractivity contribution in [1.82, 2.24) is 39.0 Å². The summed E-state index contributed by atoms with van der Waals surface area (Å²) < 4.78 is 49.1. The fourth-order valence-electron chi connectivity index (χ4n) is 6.04. The first kappa shape index (κ1) is 30.5. The molecule has 1 saturated carbocycles. The highest BCUT2D eigenvalue weighted by atomic mass is 32.5. The summed E-state index contributed by atoms with van der Waals surface area (Å²) in [5.74, 6) is -1.00. The average Bonchev–Trinajstić information content (AvgIpc) is 3.73. The maximum atomic E-state index is 16.2. The monoisotopic (exact) mass is 687 g/mol. The molecule has 236 valence electrons. The molecule has 7 rings (SSSR count). The Labute approximate surface area is 259 Å². The van der Waals surface area contributed by atoms with Crippen molar-refractivity contribution in [3.63, 3.8) is 0 Å². The van der Waals surface area contributed by atoms with Gasteiger partial charge in [0, 0.05) is 11.8 Å². The molecule has 2 aliphatic heterocycles. The number of ether oxygens (including phenoxy) is 1. The van der Waals surface area contributed by atoms with Crippen LogP contribution in [0.3, 0.4) is 0 Å². The van der Waals surface area contributed by atoms with Gasteiger partial charge in [-0.15, -0.1) is 0 Å². The lowest BCUT2D eigenvalue weighted by molar-refractivity contribution is -0.0505. The van der Waals surface area contributed by atoms with Gasteiger partial charge in [-0.25, -0.2) is 34.3 Å². The van der Waals surface area contributed by atoms with Gasteiger partial charge < -0.3 is 42.9 Å². The number of hydrogen-bond acceptors (Lipinski definition) is 14. The molecule has 44 heavy (non-hydrogen) atoms. The number of fused-ring (bicyclic) bond motifs is 5. The van der Waals surface area contributed by atoms with Crippen molar-refractivity contribution in [2.75, 3.05) is 18.9 Å². The van der Waals surface area contributed by atoms with Gasteiger partial charge >= 0.3 is 13.4 Å². The standard InChI is InChI=1S/C23H28FN9O7P2S2/c1-10-14-5-37-42(35,44)40-19-12(3-13(15(19)24)32-8-31-17-20(25)27-7-29-22(17)32)4-36-41(34,43)39-18(10)23(38-14)33-9-30-16-11(2)26-6-28-21(16)33/h6-10,12-15,18-19,23H,3-5H2,1-2H3,(H,34,43)(H,35,44)(H2,25,27,29)/t10-,12-,13-,14-,15+,18-,19-,23-,41?,42?/m1/s1. The number of halogens is 1. The number of nitrogens with zero attached hydrogens (tertiary/aromatic N) is 8. The van der Waals surface area contributed by atoms with Gasteiger partial charge in [0.05, 0.1) is 43.7 Å². The smallest absolute Gasteiger partial charge is 0.324 e. The van der Waals surface area contributed by atoms with Crippen molar-refractivity contribution in [2.24, 2.45) is 11.8 Å². The molecule has 10 atom stereocenters. The largest absolute Gasteiger partial charge is 0.382 e. The summed E-state index contributed by atoms with van der Waals surface area (Å²) in [6, 6.07) is -0.850. The van der Waals surface area contributed by atoms with Gasteiger partial charge in [-0.05, 0) is 37.0 Å². The van der Waals surface area contributed by atoms with Crippen LogP contribution in [0.25, 0.3) is 22.3 Å². The number of rotatable bonds is 2. The maximum Gasteiger partial charge on any atom is 0.324 e. The highest BCUT2D eigenvalue weighted by Crippen LogP contribution is 2.56. The van der Waals surface area contributed by atoms with Crippen LogP contribution in [0.2, 0.25) is 0 Å². The Balaban J connectivity index is 1.20. The first-order valence-electron chi connectivity index (χ1n) is 13.6. The number of nitrogen functional groups attached to an aromatic ring is 1. The van der Waals surface area contributed by atoms with Crippen LogP contribution in [0.15, 0.2) is 25.3 Å². The van der Waals surface area contributed by atoms with E-state index in [0.29, 0.717) is 28.0 Å². The molecule has 2 saturated heterocycles. The second-order valence-electron chi connectivity index (χ2n) is 11.0. The molecule has 0 amide bonds. The van der Waals surface area contributed by atoms with Crippen molar-refractivity contribution in [3.8, 4) is 0 Å². The number of nitrogens with two attached hydrogens (primary N) is 1. The second kappa shape index (κ2) is 11.3. The average molecular weight is 688 g/mol. The van der Waals surface area contributed by atoms with E-state index < -0.39 is 62.0 Å². The summed E-state index contributed by atoms with van der Waals surface area (Å²) in [7, 11) is 0. The van der Waals surface area contributed by atoms with Crippen LogP contribution in [0.1, 0.15) is 31.3 Å². The van der Waals surface area contributed by atoms with Gasteiger partial charge in [0.25, 0.3) is 0 Å². The predicted molar refractivity (Wildman–Crippen MR) is 160 cm³/mol. The van der Waals surface area contributed by atoms with E-state index in [9.17, 15) is 9.79 Å². The van der Waals surface area contributed by atoms with Crippen LogP contribution >= 0.6 is 13.4 Å². The normalized spacial score (nSPS) is 38.3. The highest BCUT2D eigenvalue weighted by Gasteiger charge is 2.51. The van der Waals surface area contributed by atoms with Gasteiger partial charge in [0.1, 0.15) is 42.1 Å². The zero-order valence-corrected chi connectivity index (χ0v) is 26.7. The van der Waals surface area contributed by atoms with Crippen molar-refractivity contribution >= 4 is 65.2 Å². The van der Waals surface area contributed by atoms with Crippen LogP contribution in [0.4, 0.5) is 10.2 Å². The Morgan fingerprint density at radius 3 is 2.32 bits per heavy atom. The zero-order chi connectivity index (χ0) is 31.0. The zero-order valence-electron chi connectivity index (χ0n) is 23.2. The first-order chi connectivity index (χ1) is 20.9. The van der Waals surface area contributed by atoms with E-state index in [1.165, 1.54) is 29.9 Å². The molecule has 0 aromatic carbocycles. The number of aromatic nitrogens is 8. The molecule has 4 aromatic heterocycles. The lowest BCUT2D eigenvalue weighted by atomic mass is 10.0. The highest BCUT2D eigenvalue weighted by molar-refractivity contribution is 8.07. The minimum Gasteiger partial charge on any atom is -0.382 e. The van der Waals surface area contributed by atoms with Crippen molar-refractivity contribution in [3.05, 3.63) is 31.0 Å². The second-order valence-corrected chi connectivity index (χ2v) is 16.5. The molecule has 16 nitrogen and oxygen atoms in total. The molecule has 3 aliphatic rings. The van der Waals surface area contributed by atoms with E-state index in [1.807, 2.05) is 6.92 Å². The van der Waals surface area contributed by atoms with Gasteiger partial charge in [0.2, 0.25) is 0 Å². The van der Waals surface area contributed by atoms with Crippen molar-refractivity contribution in [2.45, 2.75) is 57.0 Å². The van der Waals surface area contributed by atoms with E-state index in [-0.39, 0.29) is 25.5 Å². The van der Waals surface area contributed by atoms with Crippen LogP contribution in [-0.2, 0) is 46.4 Å². The molecule has 0 radical (unpaired) electrons. The lowest BCUT2D eigenvalue weighted by Crippen LogP contribution is -2.30. The topological polar surface area (TPSA) is 200 Å². The summed E-state index contributed by atoms with van der Waals surface area (Å²) in [4.78, 5) is 47.7.